The second kappa shape index (κ2) is 22.7. The molecule has 0 unspecified atom stereocenters. The van der Waals surface area contributed by atoms with Crippen LogP contribution in [0.5, 0.6) is 0 Å². The number of rotatable bonds is 0. The lowest BCUT2D eigenvalue weighted by molar-refractivity contribution is 0.318. The lowest BCUT2D eigenvalue weighted by atomic mass is 10.2. The van der Waals surface area contributed by atoms with E-state index in [0.29, 0.717) is 0 Å². The van der Waals surface area contributed by atoms with E-state index in [1.807, 2.05) is 18.2 Å². The third-order valence-electron chi connectivity index (χ3n) is 0.940. The van der Waals surface area contributed by atoms with Gasteiger partial charge >= 0.3 is 0 Å². The highest BCUT2D eigenvalue weighted by Crippen LogP contribution is 1.92. The van der Waals surface area contributed by atoms with Gasteiger partial charge in [-0.3, -0.25) is 0 Å². The molecule has 0 aliphatic heterocycles. The maximum atomic E-state index is 7.57. The van der Waals surface area contributed by atoms with E-state index >= 15 is 0 Å². The van der Waals surface area contributed by atoms with E-state index < -0.39 is 0 Å². The molecule has 3 nitrogen and oxygen atoms in total. The van der Waals surface area contributed by atoms with Crippen LogP contribution in [0, 0.1) is 6.92 Å². The molecule has 3 N–H and O–H groups in total. The molecule has 3 heteroatoms. The molecule has 0 aromatic heterocycles. The van der Waals surface area contributed by atoms with E-state index in [2.05, 4.69) is 19.1 Å². The fourth-order valence-corrected chi connectivity index (χ4v) is 0.534. The van der Waals surface area contributed by atoms with Gasteiger partial charge < -0.3 is 15.3 Å². The molecule has 0 aliphatic rings. The lowest BCUT2D eigenvalue weighted by Crippen LogP contribution is -1.62. The van der Waals surface area contributed by atoms with Gasteiger partial charge in [0.1, 0.15) is 0 Å². The molecule has 0 amide bonds. The van der Waals surface area contributed by atoms with E-state index in [9.17, 15) is 0 Å². The highest BCUT2D eigenvalue weighted by atomic mass is 16.2. The predicted molar refractivity (Wildman–Crippen MR) is 60.2 cm³/mol. The maximum absolute atomic E-state index is 7.57. The molecule has 1 rings (SSSR count). The third kappa shape index (κ3) is 22.5. The van der Waals surface area contributed by atoms with Gasteiger partial charge in [-0.05, 0) is 13.8 Å². The summed E-state index contributed by atoms with van der Waals surface area (Å²) in [5.74, 6) is 0. The fraction of sp³-hybridized carbons (Fsp3) is 0.455. The quantitative estimate of drug-likeness (QED) is 0.592. The van der Waals surface area contributed by atoms with Gasteiger partial charge in [-0.15, -0.1) is 0 Å². The summed E-state index contributed by atoms with van der Waals surface area (Å²) in [7, 11) is 2.00. The molecular formula is C11H22O3. The molecular weight excluding hydrogens is 180 g/mol. The summed E-state index contributed by atoms with van der Waals surface area (Å²) < 4.78 is 0. The number of aliphatic hydroxyl groups is 3. The number of aliphatic hydroxyl groups excluding tert-OH is 3. The van der Waals surface area contributed by atoms with E-state index in [1.54, 1.807) is 6.92 Å². The Morgan fingerprint density at radius 3 is 1.36 bits per heavy atom. The first-order valence-corrected chi connectivity index (χ1v) is 4.33. The van der Waals surface area contributed by atoms with Crippen LogP contribution in [-0.2, 0) is 0 Å². The van der Waals surface area contributed by atoms with E-state index in [0.717, 1.165) is 14.2 Å². The standard InChI is InChI=1S/C7H8.C2H6O.2CH4O/c1-7-5-3-2-4-6-7;1-2-3;2*1-2/h2-6H,1H3;3H,2H2,1H3;2*2H,1H3. The maximum Gasteiger partial charge on any atom is 0.0402 e. The normalized spacial score (nSPS) is 6.50. The van der Waals surface area contributed by atoms with Crippen LogP contribution in [0.2, 0.25) is 0 Å². The van der Waals surface area contributed by atoms with Crippen molar-refractivity contribution in [3.05, 3.63) is 35.9 Å². The molecule has 84 valence electrons. The van der Waals surface area contributed by atoms with Crippen LogP contribution in [0.25, 0.3) is 0 Å². The average molecular weight is 202 g/mol. The molecule has 0 radical (unpaired) electrons. The van der Waals surface area contributed by atoms with Crippen LogP contribution < -0.4 is 0 Å². The zero-order valence-corrected chi connectivity index (χ0v) is 9.44. The molecule has 0 saturated heterocycles. The number of benzene rings is 1. The minimum atomic E-state index is 0.250. The van der Waals surface area contributed by atoms with Crippen molar-refractivity contribution >= 4 is 0 Å². The highest BCUT2D eigenvalue weighted by molar-refractivity contribution is 5.11. The molecule has 0 spiro atoms. The van der Waals surface area contributed by atoms with Crippen molar-refractivity contribution in [2.24, 2.45) is 0 Å². The van der Waals surface area contributed by atoms with Crippen molar-refractivity contribution < 1.29 is 15.3 Å². The second-order valence-corrected chi connectivity index (χ2v) is 1.97. The zero-order chi connectivity index (χ0) is 11.8. The Bertz CT molecular complexity index is 152. The summed E-state index contributed by atoms with van der Waals surface area (Å²) in [5, 5.41) is 21.6. The molecule has 1 aromatic carbocycles. The first-order chi connectivity index (χ1) is 6.81. The fourth-order valence-electron chi connectivity index (χ4n) is 0.534. The van der Waals surface area contributed by atoms with Crippen LogP contribution in [0.4, 0.5) is 0 Å². The van der Waals surface area contributed by atoms with Gasteiger partial charge in [0.25, 0.3) is 0 Å². The predicted octanol–water partition coefficient (Wildman–Crippen LogP) is 1.21. The van der Waals surface area contributed by atoms with Crippen molar-refractivity contribution in [1.82, 2.24) is 0 Å². The van der Waals surface area contributed by atoms with Gasteiger partial charge in [0.15, 0.2) is 0 Å². The minimum Gasteiger partial charge on any atom is -0.400 e. The van der Waals surface area contributed by atoms with Gasteiger partial charge in [0.2, 0.25) is 0 Å². The molecule has 0 aliphatic carbocycles. The Hall–Kier alpha value is -0.900. The Balaban J connectivity index is -0.000000148. The summed E-state index contributed by atoms with van der Waals surface area (Å²) >= 11 is 0. The largest absolute Gasteiger partial charge is 0.400 e. The first kappa shape index (κ1) is 18.8. The minimum absolute atomic E-state index is 0.250. The zero-order valence-electron chi connectivity index (χ0n) is 9.44. The monoisotopic (exact) mass is 202 g/mol. The average Bonchev–Trinajstić information content (AvgIpc) is 2.26. The third-order valence-corrected chi connectivity index (χ3v) is 0.940. The van der Waals surface area contributed by atoms with Gasteiger partial charge in [-0.25, -0.2) is 0 Å². The summed E-state index contributed by atoms with van der Waals surface area (Å²) in [6.45, 7) is 4.01. The van der Waals surface area contributed by atoms with Crippen molar-refractivity contribution in [3.63, 3.8) is 0 Å². The summed E-state index contributed by atoms with van der Waals surface area (Å²) in [6.07, 6.45) is 0. The van der Waals surface area contributed by atoms with Crippen molar-refractivity contribution in [1.29, 1.82) is 0 Å². The first-order valence-electron chi connectivity index (χ1n) is 4.33. The van der Waals surface area contributed by atoms with Gasteiger partial charge in [-0.1, -0.05) is 35.9 Å². The van der Waals surface area contributed by atoms with E-state index in [1.165, 1.54) is 5.56 Å². The molecule has 0 heterocycles. The Labute approximate surface area is 86.7 Å². The molecule has 14 heavy (non-hydrogen) atoms. The SMILES string of the molecule is CCO.CO.CO.Cc1ccccc1. The Morgan fingerprint density at radius 1 is 0.929 bits per heavy atom. The van der Waals surface area contributed by atoms with Crippen molar-refractivity contribution in [3.8, 4) is 0 Å². The van der Waals surface area contributed by atoms with Crippen LogP contribution in [0.15, 0.2) is 30.3 Å². The van der Waals surface area contributed by atoms with Gasteiger partial charge in [0.05, 0.1) is 0 Å². The summed E-state index contributed by atoms with van der Waals surface area (Å²) in [6, 6.07) is 10.3. The Kier molecular flexibility index (Phi) is 30.5. The van der Waals surface area contributed by atoms with E-state index in [4.69, 9.17) is 15.3 Å². The number of hydrogen-bond donors (Lipinski definition) is 3. The van der Waals surface area contributed by atoms with Crippen LogP contribution in [-0.4, -0.2) is 36.1 Å². The van der Waals surface area contributed by atoms with Crippen LogP contribution >= 0.6 is 0 Å². The molecule has 0 atom stereocenters. The summed E-state index contributed by atoms with van der Waals surface area (Å²) in [5.41, 5.74) is 1.32. The summed E-state index contributed by atoms with van der Waals surface area (Å²) in [4.78, 5) is 0. The topological polar surface area (TPSA) is 60.7 Å². The van der Waals surface area contributed by atoms with Crippen molar-refractivity contribution in [2.45, 2.75) is 13.8 Å². The second-order valence-electron chi connectivity index (χ2n) is 1.97. The van der Waals surface area contributed by atoms with Crippen molar-refractivity contribution in [2.75, 3.05) is 20.8 Å². The smallest absolute Gasteiger partial charge is 0.0402 e. The molecule has 0 saturated carbocycles. The number of hydrogen-bond acceptors (Lipinski definition) is 3. The molecule has 0 fully saturated rings. The lowest BCUT2D eigenvalue weighted by Gasteiger charge is -1.82. The van der Waals surface area contributed by atoms with E-state index in [-0.39, 0.29) is 6.61 Å². The van der Waals surface area contributed by atoms with Crippen LogP contribution in [0.1, 0.15) is 12.5 Å². The highest BCUT2D eigenvalue weighted by Gasteiger charge is 1.72. The Morgan fingerprint density at radius 2 is 1.21 bits per heavy atom. The molecule has 0 bridgehead atoms. The number of aryl methyl sites for hydroxylation is 1. The van der Waals surface area contributed by atoms with Gasteiger partial charge in [-0.2, -0.15) is 0 Å². The van der Waals surface area contributed by atoms with Crippen LogP contribution in [0.3, 0.4) is 0 Å². The molecule has 1 aromatic rings. The van der Waals surface area contributed by atoms with Gasteiger partial charge in [0, 0.05) is 20.8 Å².